The minimum atomic E-state index is -0.303. The molecule has 0 saturated carbocycles. The first-order valence-electron chi connectivity index (χ1n) is 5.29. The van der Waals surface area contributed by atoms with Crippen molar-refractivity contribution in [3.8, 4) is 0 Å². The highest BCUT2D eigenvalue weighted by molar-refractivity contribution is 6.05. The van der Waals surface area contributed by atoms with Crippen LogP contribution >= 0.6 is 0 Å². The Kier molecular flexibility index (Phi) is 2.22. The van der Waals surface area contributed by atoms with E-state index < -0.39 is 0 Å². The lowest BCUT2D eigenvalue weighted by atomic mass is 10.1. The van der Waals surface area contributed by atoms with Gasteiger partial charge in [-0.1, -0.05) is 24.3 Å². The second-order valence-electron chi connectivity index (χ2n) is 3.70. The fourth-order valence-electron chi connectivity index (χ4n) is 1.79. The summed E-state index contributed by atoms with van der Waals surface area (Å²) < 4.78 is 5.22. The first kappa shape index (κ1) is 9.78. The van der Waals surface area contributed by atoms with Gasteiger partial charge in [0, 0.05) is 17.8 Å². The maximum Gasteiger partial charge on any atom is 0.344 e. The number of esters is 1. The van der Waals surface area contributed by atoms with Gasteiger partial charge < -0.3 is 4.74 Å². The molecule has 0 aliphatic carbocycles. The quantitative estimate of drug-likeness (QED) is 0.698. The maximum absolute atomic E-state index is 11.6. The molecular weight excluding hydrogens is 214 g/mol. The first-order chi connectivity index (χ1) is 8.34. The van der Waals surface area contributed by atoms with E-state index in [0.29, 0.717) is 11.3 Å². The molecule has 2 aromatic rings. The van der Waals surface area contributed by atoms with Gasteiger partial charge in [-0.15, -0.1) is 0 Å². The van der Waals surface area contributed by atoms with Crippen LogP contribution in [0.1, 0.15) is 21.6 Å². The topological polar surface area (TPSA) is 39.2 Å². The van der Waals surface area contributed by atoms with Crippen molar-refractivity contribution in [3.63, 3.8) is 0 Å². The van der Waals surface area contributed by atoms with Gasteiger partial charge in [-0.25, -0.2) is 4.79 Å². The second-order valence-corrected chi connectivity index (χ2v) is 3.70. The van der Waals surface area contributed by atoms with E-state index in [1.54, 1.807) is 18.3 Å². The Morgan fingerprint density at radius 2 is 1.76 bits per heavy atom. The molecule has 82 valence electrons. The molecule has 1 aromatic carbocycles. The molecule has 0 unspecified atom stereocenters. The highest BCUT2D eigenvalue weighted by Gasteiger charge is 2.25. The van der Waals surface area contributed by atoms with Crippen molar-refractivity contribution in [1.82, 2.24) is 4.98 Å². The second kappa shape index (κ2) is 3.87. The van der Waals surface area contributed by atoms with Gasteiger partial charge in [-0.2, -0.15) is 0 Å². The Balaban J connectivity index is 2.08. The van der Waals surface area contributed by atoms with Crippen LogP contribution < -0.4 is 0 Å². The highest BCUT2D eigenvalue weighted by atomic mass is 16.5. The minimum Gasteiger partial charge on any atom is -0.422 e. The van der Waals surface area contributed by atoms with Crippen LogP contribution in [0.25, 0.3) is 11.8 Å². The molecule has 3 heteroatoms. The van der Waals surface area contributed by atoms with E-state index in [1.807, 2.05) is 36.4 Å². The molecule has 1 aliphatic heterocycles. The van der Waals surface area contributed by atoms with E-state index >= 15 is 0 Å². The van der Waals surface area contributed by atoms with Crippen molar-refractivity contribution in [2.24, 2.45) is 0 Å². The van der Waals surface area contributed by atoms with Crippen LogP contribution in [0.2, 0.25) is 0 Å². The zero-order valence-corrected chi connectivity index (χ0v) is 8.96. The predicted molar refractivity (Wildman–Crippen MR) is 64.0 cm³/mol. The zero-order chi connectivity index (χ0) is 11.7. The molecule has 1 aromatic heterocycles. The third kappa shape index (κ3) is 1.72. The summed E-state index contributed by atoms with van der Waals surface area (Å²) in [6.45, 7) is 0. The summed E-state index contributed by atoms with van der Waals surface area (Å²) in [5.41, 5.74) is 2.20. The van der Waals surface area contributed by atoms with Crippen LogP contribution in [0.15, 0.2) is 48.7 Å². The van der Waals surface area contributed by atoms with Gasteiger partial charge in [0.15, 0.2) is 0 Å². The molecule has 0 spiro atoms. The SMILES string of the molecule is O=C1OC(=Cc2ccccn2)c2ccccc21. The lowest BCUT2D eigenvalue weighted by Crippen LogP contribution is -1.92. The van der Waals surface area contributed by atoms with E-state index in [2.05, 4.69) is 4.98 Å². The van der Waals surface area contributed by atoms with Crippen LogP contribution in [0.5, 0.6) is 0 Å². The molecule has 0 fully saturated rings. The first-order valence-corrected chi connectivity index (χ1v) is 5.29. The molecule has 1 aliphatic rings. The van der Waals surface area contributed by atoms with Crippen LogP contribution in [0.3, 0.4) is 0 Å². The number of ether oxygens (including phenoxy) is 1. The summed E-state index contributed by atoms with van der Waals surface area (Å²) >= 11 is 0. The van der Waals surface area contributed by atoms with Crippen LogP contribution in [-0.4, -0.2) is 11.0 Å². The van der Waals surface area contributed by atoms with E-state index in [9.17, 15) is 4.79 Å². The number of hydrogen-bond acceptors (Lipinski definition) is 3. The van der Waals surface area contributed by atoms with E-state index in [1.165, 1.54) is 0 Å². The number of fused-ring (bicyclic) bond motifs is 1. The Morgan fingerprint density at radius 3 is 2.53 bits per heavy atom. The molecule has 0 N–H and O–H groups in total. The number of aromatic nitrogens is 1. The molecule has 3 nitrogen and oxygen atoms in total. The third-order valence-corrected chi connectivity index (χ3v) is 2.58. The van der Waals surface area contributed by atoms with Crippen molar-refractivity contribution < 1.29 is 9.53 Å². The lowest BCUT2D eigenvalue weighted by Gasteiger charge is -1.97. The van der Waals surface area contributed by atoms with Gasteiger partial charge >= 0.3 is 5.97 Å². The number of cyclic esters (lactones) is 1. The fourth-order valence-corrected chi connectivity index (χ4v) is 1.79. The number of rotatable bonds is 1. The van der Waals surface area contributed by atoms with Crippen molar-refractivity contribution in [2.75, 3.05) is 0 Å². The van der Waals surface area contributed by atoms with E-state index in [4.69, 9.17) is 4.74 Å². The van der Waals surface area contributed by atoms with Crippen molar-refractivity contribution in [3.05, 3.63) is 65.5 Å². The molecular formula is C14H9NO2. The summed E-state index contributed by atoms with van der Waals surface area (Å²) in [5, 5.41) is 0. The normalized spacial score (nSPS) is 15.8. The third-order valence-electron chi connectivity index (χ3n) is 2.58. The Hall–Kier alpha value is -2.42. The van der Waals surface area contributed by atoms with Crippen molar-refractivity contribution >= 4 is 17.8 Å². The zero-order valence-electron chi connectivity index (χ0n) is 8.96. The summed E-state index contributed by atoms with van der Waals surface area (Å²) in [6.07, 6.45) is 3.47. The van der Waals surface area contributed by atoms with Crippen molar-refractivity contribution in [1.29, 1.82) is 0 Å². The maximum atomic E-state index is 11.6. The minimum absolute atomic E-state index is 0.303. The summed E-state index contributed by atoms with van der Waals surface area (Å²) in [7, 11) is 0. The Morgan fingerprint density at radius 1 is 1.00 bits per heavy atom. The number of carbonyl (C=O) groups is 1. The fraction of sp³-hybridized carbons (Fsp3) is 0. The highest BCUT2D eigenvalue weighted by Crippen LogP contribution is 2.30. The molecule has 17 heavy (non-hydrogen) atoms. The van der Waals surface area contributed by atoms with Crippen molar-refractivity contribution in [2.45, 2.75) is 0 Å². The molecule has 0 atom stereocenters. The molecule has 0 bridgehead atoms. The Labute approximate surface area is 98.4 Å². The number of hydrogen-bond donors (Lipinski definition) is 0. The predicted octanol–water partition coefficient (Wildman–Crippen LogP) is 2.75. The van der Waals surface area contributed by atoms with Gasteiger partial charge in [0.05, 0.1) is 11.3 Å². The number of nitrogens with zero attached hydrogens (tertiary/aromatic N) is 1. The molecule has 0 amide bonds. The Bertz CT molecular complexity index is 603. The summed E-state index contributed by atoms with van der Waals surface area (Å²) in [4.78, 5) is 15.8. The van der Waals surface area contributed by atoms with E-state index in [0.717, 1.165) is 11.3 Å². The lowest BCUT2D eigenvalue weighted by molar-refractivity contribution is 0.0717. The van der Waals surface area contributed by atoms with E-state index in [-0.39, 0.29) is 5.97 Å². The van der Waals surface area contributed by atoms with Gasteiger partial charge in [0.2, 0.25) is 0 Å². The number of pyridine rings is 1. The molecule has 3 rings (SSSR count). The summed E-state index contributed by atoms with van der Waals surface area (Å²) in [5.74, 6) is 0.257. The molecule has 0 radical (unpaired) electrons. The average molecular weight is 223 g/mol. The van der Waals surface area contributed by atoms with Gasteiger partial charge in [-0.05, 0) is 18.2 Å². The van der Waals surface area contributed by atoms with Crippen LogP contribution in [-0.2, 0) is 4.74 Å². The molecule has 2 heterocycles. The average Bonchev–Trinajstić information content (AvgIpc) is 2.69. The standard InChI is InChI=1S/C14H9NO2/c16-14-12-7-2-1-6-11(12)13(17-14)9-10-5-3-4-8-15-10/h1-9H. The van der Waals surface area contributed by atoms with Gasteiger partial charge in [-0.3, -0.25) is 4.98 Å². The largest absolute Gasteiger partial charge is 0.422 e. The molecule has 0 saturated heterocycles. The summed E-state index contributed by atoms with van der Waals surface area (Å²) in [6, 6.07) is 12.9. The number of carbonyl (C=O) groups excluding carboxylic acids is 1. The smallest absolute Gasteiger partial charge is 0.344 e. The monoisotopic (exact) mass is 223 g/mol. The van der Waals surface area contributed by atoms with Crippen LogP contribution in [0, 0.1) is 0 Å². The van der Waals surface area contributed by atoms with Gasteiger partial charge in [0.25, 0.3) is 0 Å². The van der Waals surface area contributed by atoms with Crippen LogP contribution in [0.4, 0.5) is 0 Å². The number of benzene rings is 1. The van der Waals surface area contributed by atoms with Gasteiger partial charge in [0.1, 0.15) is 5.76 Å².